The lowest BCUT2D eigenvalue weighted by atomic mass is 9.80. The number of nitrogens with zero attached hydrogens (tertiary/aromatic N) is 5. The molecule has 3 aromatic carbocycles. The van der Waals surface area contributed by atoms with Crippen molar-refractivity contribution in [2.24, 2.45) is 5.41 Å². The van der Waals surface area contributed by atoms with Crippen LogP contribution in [-0.4, -0.2) is 97.9 Å². The normalized spacial score (nSPS) is 18.6. The first-order valence-corrected chi connectivity index (χ1v) is 27.3. The molecular weight excluding hydrogens is 886 g/mol. The first-order valence-electron chi connectivity index (χ1n) is 23.3. The molecule has 14 nitrogen and oxygen atoms in total. The van der Waals surface area contributed by atoms with E-state index in [0.29, 0.717) is 18.5 Å². The Hall–Kier alpha value is -4.23. The fourth-order valence-electron chi connectivity index (χ4n) is 7.78. The molecular formula is C51H74N5O9PSi. The molecule has 16 heteroatoms. The third kappa shape index (κ3) is 13.5. The van der Waals surface area contributed by atoms with E-state index in [0.717, 1.165) is 28.2 Å². The van der Waals surface area contributed by atoms with Gasteiger partial charge >= 0.3 is 5.97 Å². The van der Waals surface area contributed by atoms with E-state index in [9.17, 15) is 10.1 Å². The Morgan fingerprint density at radius 2 is 1.42 bits per heavy atom. The van der Waals surface area contributed by atoms with Gasteiger partial charge in [-0.2, -0.15) is 5.26 Å². The minimum Gasteiger partial charge on any atom is -0.497 e. The van der Waals surface area contributed by atoms with Gasteiger partial charge in [0.25, 0.3) is 8.53 Å². The molecule has 1 aliphatic rings. The van der Waals surface area contributed by atoms with E-state index in [1.807, 2.05) is 87.5 Å². The first kappa shape index (κ1) is 53.7. The van der Waals surface area contributed by atoms with E-state index in [1.54, 1.807) is 20.4 Å². The number of aromatic nitrogens is 3. The summed E-state index contributed by atoms with van der Waals surface area (Å²) in [4.78, 5) is 12.5. The number of benzene rings is 3. The number of carbonyl (C=O) groups is 1. The Morgan fingerprint density at radius 1 is 0.851 bits per heavy atom. The smallest absolute Gasteiger partial charge is 0.313 e. The van der Waals surface area contributed by atoms with Gasteiger partial charge < -0.3 is 37.2 Å². The van der Waals surface area contributed by atoms with Crippen molar-refractivity contribution in [3.8, 4) is 17.6 Å². The Bertz CT molecular complexity index is 2130. The molecule has 5 rings (SSSR count). The number of esters is 1. The summed E-state index contributed by atoms with van der Waals surface area (Å²) in [6.07, 6.45) is 0.695. The zero-order valence-electron chi connectivity index (χ0n) is 42.1. The molecule has 0 N–H and O–H groups in total. The van der Waals surface area contributed by atoms with Crippen molar-refractivity contribution >= 4 is 22.8 Å². The maximum absolute atomic E-state index is 12.5. The Morgan fingerprint density at radius 3 is 1.93 bits per heavy atom. The van der Waals surface area contributed by atoms with Crippen LogP contribution in [0.15, 0.2) is 85.1 Å². The van der Waals surface area contributed by atoms with E-state index < -0.39 is 52.3 Å². The first-order chi connectivity index (χ1) is 31.6. The molecule has 0 radical (unpaired) electrons. The SMILES string of the molecule is COc1ccc(C(OC[C@H]2O[C@@H](CCc3cn(COC(=O)C(C)(C)C)nn3)[C@H](O[Si](C)(C)C(C)(C)C)[C@@H]2OP(OCCC#N)N(C(C)C)C(C)C)(c2ccccc2)c2ccc(OC)cc2)cc1. The lowest BCUT2D eigenvalue weighted by molar-refractivity contribution is -0.157. The second kappa shape index (κ2) is 23.4. The molecule has 1 aromatic heterocycles. The summed E-state index contributed by atoms with van der Waals surface area (Å²) in [5, 5.41) is 18.2. The molecule has 1 unspecified atom stereocenters. The molecule has 67 heavy (non-hydrogen) atoms. The van der Waals surface area contributed by atoms with Gasteiger partial charge in [0.15, 0.2) is 15.0 Å². The summed E-state index contributed by atoms with van der Waals surface area (Å²) in [5.41, 5.74) is 1.62. The van der Waals surface area contributed by atoms with Crippen molar-refractivity contribution < 1.29 is 42.0 Å². The van der Waals surface area contributed by atoms with Crippen molar-refractivity contribution in [1.29, 1.82) is 5.26 Å². The van der Waals surface area contributed by atoms with Crippen LogP contribution in [-0.2, 0) is 51.2 Å². The van der Waals surface area contributed by atoms with E-state index in [1.165, 1.54) is 4.68 Å². The molecule has 1 aliphatic heterocycles. The van der Waals surface area contributed by atoms with Crippen LogP contribution in [0.25, 0.3) is 0 Å². The monoisotopic (exact) mass is 959 g/mol. The summed E-state index contributed by atoms with van der Waals surface area (Å²) < 4.78 is 56.7. The standard InChI is InChI=1S/C51H74N5O9PSi/c1-36(2)56(37(3)4)66(62-32-18-31-52)64-46-45(34-61-51(38-19-16-15-17-20-38,39-21-26-42(58-11)27-22-39)40-23-28-43(59-12)29-24-40)63-44(47(46)65-67(13,14)50(8,9)10)30-25-41-33-55(54-53-41)35-60-48(57)49(5,6)7/h15-17,19-24,26-29,33,36-37,44-47H,18,25,30,32,34-35H2,1-14H3/t44-,45+,46+,47-,66?/m0/s1. The number of rotatable bonds is 23. The van der Waals surface area contributed by atoms with Gasteiger partial charge in [0, 0.05) is 12.1 Å². The highest BCUT2D eigenvalue weighted by atomic mass is 31.2. The van der Waals surface area contributed by atoms with Crippen molar-refractivity contribution in [2.45, 2.75) is 155 Å². The minimum absolute atomic E-state index is 0.0431. The van der Waals surface area contributed by atoms with Gasteiger partial charge in [-0.25, -0.2) is 9.35 Å². The molecule has 0 amide bonds. The van der Waals surface area contributed by atoms with Crippen LogP contribution in [0.5, 0.6) is 11.5 Å². The number of hydrogen-bond donors (Lipinski definition) is 0. The minimum atomic E-state index is -2.51. The quantitative estimate of drug-likeness (QED) is 0.0228. The molecule has 0 aliphatic carbocycles. The van der Waals surface area contributed by atoms with Crippen molar-refractivity contribution in [3.05, 3.63) is 107 Å². The number of methoxy groups -OCH3 is 2. The van der Waals surface area contributed by atoms with Crippen LogP contribution in [0.3, 0.4) is 0 Å². The number of carbonyl (C=O) groups excluding carboxylic acids is 1. The highest BCUT2D eigenvalue weighted by Crippen LogP contribution is 2.52. The van der Waals surface area contributed by atoms with Gasteiger partial charge in [-0.15, -0.1) is 5.10 Å². The molecule has 1 saturated heterocycles. The fourth-order valence-corrected chi connectivity index (χ4v) is 10.9. The second-order valence-corrected chi connectivity index (χ2v) is 26.2. The molecule has 0 saturated carbocycles. The fraction of sp³-hybridized carbons (Fsp3) is 0.569. The molecule has 5 atom stereocenters. The van der Waals surface area contributed by atoms with Gasteiger partial charge in [-0.1, -0.05) is 80.6 Å². The Kier molecular flexibility index (Phi) is 18.7. The Labute approximate surface area is 401 Å². The van der Waals surface area contributed by atoms with Crippen LogP contribution in [0.1, 0.15) is 104 Å². The summed E-state index contributed by atoms with van der Waals surface area (Å²) in [7, 11) is -0.931. The molecule has 0 bridgehead atoms. The summed E-state index contributed by atoms with van der Waals surface area (Å²) in [5.74, 6) is 1.11. The number of ether oxygens (including phenoxy) is 5. The predicted octanol–water partition coefficient (Wildman–Crippen LogP) is 10.6. The summed E-state index contributed by atoms with van der Waals surface area (Å²) in [6.45, 7) is 25.3. The van der Waals surface area contributed by atoms with Crippen LogP contribution >= 0.6 is 8.53 Å². The van der Waals surface area contributed by atoms with Gasteiger partial charge in [0.2, 0.25) is 0 Å². The highest BCUT2D eigenvalue weighted by Gasteiger charge is 2.53. The molecule has 2 heterocycles. The van der Waals surface area contributed by atoms with Crippen LogP contribution < -0.4 is 9.47 Å². The van der Waals surface area contributed by atoms with Gasteiger partial charge in [0.1, 0.15) is 35.4 Å². The van der Waals surface area contributed by atoms with Crippen LogP contribution in [0.2, 0.25) is 18.1 Å². The van der Waals surface area contributed by atoms with Gasteiger partial charge in [0.05, 0.1) is 63.3 Å². The summed E-state index contributed by atoms with van der Waals surface area (Å²) in [6, 6.07) is 28.4. The average Bonchev–Trinajstić information content (AvgIpc) is 3.87. The van der Waals surface area contributed by atoms with Crippen LogP contribution in [0.4, 0.5) is 0 Å². The second-order valence-electron chi connectivity index (χ2n) is 20.1. The van der Waals surface area contributed by atoms with E-state index in [2.05, 4.69) is 94.7 Å². The predicted molar refractivity (Wildman–Crippen MR) is 263 cm³/mol. The van der Waals surface area contributed by atoms with E-state index >= 15 is 0 Å². The average molecular weight is 960 g/mol. The van der Waals surface area contributed by atoms with Crippen LogP contribution in [0, 0.1) is 16.7 Å². The topological polar surface area (TPSA) is 149 Å². The number of hydrogen-bond acceptors (Lipinski definition) is 13. The van der Waals surface area contributed by atoms with Gasteiger partial charge in [-0.3, -0.25) is 4.79 Å². The largest absolute Gasteiger partial charge is 0.497 e. The highest BCUT2D eigenvalue weighted by molar-refractivity contribution is 7.44. The maximum Gasteiger partial charge on any atom is 0.313 e. The molecule has 0 spiro atoms. The maximum atomic E-state index is 12.5. The van der Waals surface area contributed by atoms with Gasteiger partial charge in [-0.05, 0) is 120 Å². The third-order valence-corrected chi connectivity index (χ3v) is 19.0. The third-order valence-electron chi connectivity index (χ3n) is 12.4. The summed E-state index contributed by atoms with van der Waals surface area (Å²) >= 11 is 0. The molecule has 1 fully saturated rings. The van der Waals surface area contributed by atoms with E-state index in [4.69, 9.17) is 37.2 Å². The number of aryl methyl sites for hydroxylation is 1. The number of nitriles is 1. The lowest BCUT2D eigenvalue weighted by Gasteiger charge is -2.42. The lowest BCUT2D eigenvalue weighted by Crippen LogP contribution is -2.50. The zero-order valence-corrected chi connectivity index (χ0v) is 44.0. The van der Waals surface area contributed by atoms with Crippen molar-refractivity contribution in [3.63, 3.8) is 0 Å². The molecule has 366 valence electrons. The Balaban J connectivity index is 1.63. The zero-order chi connectivity index (χ0) is 49.2. The molecule has 4 aromatic rings. The van der Waals surface area contributed by atoms with Crippen molar-refractivity contribution in [1.82, 2.24) is 19.7 Å². The van der Waals surface area contributed by atoms with E-state index in [-0.39, 0.29) is 49.5 Å². The van der Waals surface area contributed by atoms with Crippen molar-refractivity contribution in [2.75, 3.05) is 27.4 Å².